The maximum absolute atomic E-state index is 12.7. The monoisotopic (exact) mass is 213 g/mol. The zero-order valence-corrected chi connectivity index (χ0v) is 7.90. The fourth-order valence-corrected chi connectivity index (χ4v) is 0.933. The predicted molar refractivity (Wildman–Crippen MR) is 55.3 cm³/mol. The molecular formula is C8H8FN3OS. The second-order valence-electron chi connectivity index (χ2n) is 2.45. The van der Waals surface area contributed by atoms with Crippen molar-refractivity contribution in [2.45, 2.75) is 0 Å². The third-order valence-corrected chi connectivity index (χ3v) is 1.42. The Kier molecular flexibility index (Phi) is 3.35. The summed E-state index contributed by atoms with van der Waals surface area (Å²) in [5.74, 6) is -0.432. The maximum atomic E-state index is 12.7. The van der Waals surface area contributed by atoms with Crippen molar-refractivity contribution in [3.05, 3.63) is 30.1 Å². The van der Waals surface area contributed by atoms with E-state index in [9.17, 15) is 9.18 Å². The van der Waals surface area contributed by atoms with Gasteiger partial charge in [0.1, 0.15) is 5.82 Å². The zero-order chi connectivity index (χ0) is 10.6. The number of urea groups is 1. The number of benzene rings is 1. The fourth-order valence-electron chi connectivity index (χ4n) is 0.840. The summed E-state index contributed by atoms with van der Waals surface area (Å²) < 4.78 is 12.7. The van der Waals surface area contributed by atoms with Crippen molar-refractivity contribution in [2.75, 3.05) is 5.32 Å². The Morgan fingerprint density at radius 2 is 2.21 bits per heavy atom. The molecule has 4 N–H and O–H groups in total. The molecule has 0 spiro atoms. The van der Waals surface area contributed by atoms with Crippen LogP contribution in [0.25, 0.3) is 0 Å². The molecule has 0 heterocycles. The second-order valence-corrected chi connectivity index (χ2v) is 2.89. The topological polar surface area (TPSA) is 67.1 Å². The van der Waals surface area contributed by atoms with Gasteiger partial charge in [0, 0.05) is 5.69 Å². The van der Waals surface area contributed by atoms with Gasteiger partial charge in [-0.2, -0.15) is 0 Å². The molecule has 0 aliphatic heterocycles. The van der Waals surface area contributed by atoms with Gasteiger partial charge >= 0.3 is 6.03 Å². The number of thiocarbonyl (C=S) groups is 1. The average Bonchev–Trinajstić information content (AvgIpc) is 2.01. The summed E-state index contributed by atoms with van der Waals surface area (Å²) in [5, 5.41) is 4.36. The van der Waals surface area contributed by atoms with Crippen LogP contribution in [0.3, 0.4) is 0 Å². The Morgan fingerprint density at radius 3 is 2.79 bits per heavy atom. The van der Waals surface area contributed by atoms with E-state index in [1.54, 1.807) is 6.07 Å². The quantitative estimate of drug-likeness (QED) is 0.614. The first kappa shape index (κ1) is 10.4. The van der Waals surface area contributed by atoms with Crippen LogP contribution >= 0.6 is 12.2 Å². The van der Waals surface area contributed by atoms with E-state index in [-0.39, 0.29) is 5.11 Å². The van der Waals surface area contributed by atoms with Crippen molar-refractivity contribution in [1.82, 2.24) is 5.32 Å². The molecule has 0 aliphatic carbocycles. The summed E-state index contributed by atoms with van der Waals surface area (Å²) in [7, 11) is 0. The van der Waals surface area contributed by atoms with Gasteiger partial charge in [-0.05, 0) is 30.4 Å². The largest absolute Gasteiger partial charge is 0.376 e. The highest BCUT2D eigenvalue weighted by Crippen LogP contribution is 2.08. The molecule has 0 atom stereocenters. The molecule has 4 nitrogen and oxygen atoms in total. The van der Waals surface area contributed by atoms with Crippen LogP contribution in [-0.4, -0.2) is 11.1 Å². The molecule has 2 amide bonds. The zero-order valence-electron chi connectivity index (χ0n) is 7.08. The Balaban J connectivity index is 2.60. The molecule has 14 heavy (non-hydrogen) atoms. The predicted octanol–water partition coefficient (Wildman–Crippen LogP) is 1.19. The first-order valence-electron chi connectivity index (χ1n) is 3.71. The van der Waals surface area contributed by atoms with Crippen LogP contribution in [-0.2, 0) is 0 Å². The van der Waals surface area contributed by atoms with Crippen LogP contribution in [0.4, 0.5) is 14.9 Å². The van der Waals surface area contributed by atoms with E-state index >= 15 is 0 Å². The highest BCUT2D eigenvalue weighted by Gasteiger charge is 2.02. The van der Waals surface area contributed by atoms with Crippen LogP contribution < -0.4 is 16.4 Å². The van der Waals surface area contributed by atoms with Crippen molar-refractivity contribution in [3.63, 3.8) is 0 Å². The van der Waals surface area contributed by atoms with Crippen LogP contribution in [0.1, 0.15) is 0 Å². The number of amides is 2. The number of nitrogens with one attached hydrogen (secondary N) is 2. The second kappa shape index (κ2) is 4.52. The molecule has 0 radical (unpaired) electrons. The summed E-state index contributed by atoms with van der Waals surface area (Å²) in [6.07, 6.45) is 0. The molecule has 0 saturated carbocycles. The first-order chi connectivity index (χ1) is 6.58. The van der Waals surface area contributed by atoms with Crippen molar-refractivity contribution >= 4 is 29.0 Å². The van der Waals surface area contributed by atoms with Crippen LogP contribution in [0.2, 0.25) is 0 Å². The minimum absolute atomic E-state index is 0.140. The smallest absolute Gasteiger partial charge is 0.325 e. The van der Waals surface area contributed by atoms with Gasteiger partial charge < -0.3 is 11.1 Å². The molecule has 1 rings (SSSR count). The lowest BCUT2D eigenvalue weighted by molar-refractivity contribution is 0.256. The fraction of sp³-hybridized carbons (Fsp3) is 0. The van der Waals surface area contributed by atoms with E-state index in [4.69, 9.17) is 5.73 Å². The molecule has 0 unspecified atom stereocenters. The molecule has 0 fully saturated rings. The normalized spacial score (nSPS) is 9.21. The molecule has 1 aromatic carbocycles. The van der Waals surface area contributed by atoms with Crippen molar-refractivity contribution in [2.24, 2.45) is 5.73 Å². The number of anilines is 1. The molecular weight excluding hydrogens is 205 g/mol. The summed E-state index contributed by atoms with van der Waals surface area (Å²) in [4.78, 5) is 11.0. The molecule has 1 aromatic rings. The summed E-state index contributed by atoms with van der Waals surface area (Å²) in [5.41, 5.74) is 5.39. The molecule has 0 bridgehead atoms. The molecule has 0 aliphatic rings. The Morgan fingerprint density at radius 1 is 1.50 bits per heavy atom. The van der Waals surface area contributed by atoms with Crippen LogP contribution in [0, 0.1) is 5.82 Å². The Labute approximate surface area is 85.3 Å². The third-order valence-electron chi connectivity index (χ3n) is 1.32. The summed E-state index contributed by atoms with van der Waals surface area (Å²) in [6.45, 7) is 0. The van der Waals surface area contributed by atoms with E-state index in [1.807, 2.05) is 0 Å². The van der Waals surface area contributed by atoms with E-state index in [1.165, 1.54) is 18.2 Å². The minimum Gasteiger partial charge on any atom is -0.376 e. The first-order valence-corrected chi connectivity index (χ1v) is 4.12. The number of hydrogen-bond acceptors (Lipinski definition) is 2. The average molecular weight is 213 g/mol. The van der Waals surface area contributed by atoms with Gasteiger partial charge in [-0.15, -0.1) is 0 Å². The van der Waals surface area contributed by atoms with E-state index in [0.29, 0.717) is 5.69 Å². The number of rotatable bonds is 1. The lowest BCUT2D eigenvalue weighted by Crippen LogP contribution is -2.37. The van der Waals surface area contributed by atoms with Gasteiger partial charge in [-0.1, -0.05) is 6.07 Å². The van der Waals surface area contributed by atoms with Gasteiger partial charge in [0.05, 0.1) is 0 Å². The van der Waals surface area contributed by atoms with E-state index in [0.717, 1.165) is 0 Å². The third kappa shape index (κ3) is 3.36. The number of hydrogen-bond donors (Lipinski definition) is 3. The van der Waals surface area contributed by atoms with Gasteiger partial charge in [0.2, 0.25) is 0 Å². The van der Waals surface area contributed by atoms with Gasteiger partial charge in [-0.25, -0.2) is 9.18 Å². The van der Waals surface area contributed by atoms with E-state index < -0.39 is 11.8 Å². The number of carbonyl (C=O) groups excluding carboxylic acids is 1. The maximum Gasteiger partial charge on any atom is 0.325 e. The Bertz CT molecular complexity index is 369. The molecule has 0 aromatic heterocycles. The summed E-state index contributed by atoms with van der Waals surface area (Å²) >= 11 is 4.45. The van der Waals surface area contributed by atoms with E-state index in [2.05, 4.69) is 22.9 Å². The Hall–Kier alpha value is -1.69. The van der Waals surface area contributed by atoms with Crippen LogP contribution in [0.15, 0.2) is 24.3 Å². The molecule has 0 saturated heterocycles. The summed E-state index contributed by atoms with van der Waals surface area (Å²) in [6, 6.07) is 4.88. The van der Waals surface area contributed by atoms with Crippen molar-refractivity contribution in [3.8, 4) is 0 Å². The van der Waals surface area contributed by atoms with Crippen LogP contribution in [0.5, 0.6) is 0 Å². The van der Waals surface area contributed by atoms with Gasteiger partial charge in [-0.3, -0.25) is 5.32 Å². The van der Waals surface area contributed by atoms with Gasteiger partial charge in [0.25, 0.3) is 0 Å². The highest BCUT2D eigenvalue weighted by atomic mass is 32.1. The van der Waals surface area contributed by atoms with Gasteiger partial charge in [0.15, 0.2) is 5.11 Å². The molecule has 74 valence electrons. The standard InChI is InChI=1S/C8H8FN3OS/c9-5-2-1-3-6(4-5)11-8(13)12-7(10)14/h1-4H,(H4,10,11,12,13,14). The minimum atomic E-state index is -0.594. The highest BCUT2D eigenvalue weighted by molar-refractivity contribution is 7.80. The van der Waals surface area contributed by atoms with Crippen molar-refractivity contribution in [1.29, 1.82) is 0 Å². The number of nitrogens with two attached hydrogens (primary N) is 1. The lowest BCUT2D eigenvalue weighted by Gasteiger charge is -2.05. The lowest BCUT2D eigenvalue weighted by atomic mass is 10.3. The molecule has 6 heteroatoms. The van der Waals surface area contributed by atoms with Crippen molar-refractivity contribution < 1.29 is 9.18 Å². The number of carbonyl (C=O) groups is 1. The number of halogens is 1. The SMILES string of the molecule is NC(=S)NC(=O)Nc1cccc(F)c1.